The molecule has 1 unspecified atom stereocenters. The standard InChI is InChI=1S/C30H38N2O2/c1-3-5-7-8-10-11-23-13-15-26(16-14-23)29-31-21-27(22-32-29)24-17-19-25(20-18-24)28(30(33)34)12-9-6-4-2/h13-22,28H,3-12H2,1-2H3,(H,33,34). The van der Waals surface area contributed by atoms with Crippen molar-refractivity contribution in [3.8, 4) is 22.5 Å². The number of carboxylic acid groups (broad SMARTS) is 1. The maximum Gasteiger partial charge on any atom is 0.310 e. The second-order valence-electron chi connectivity index (χ2n) is 9.17. The molecule has 0 saturated heterocycles. The summed E-state index contributed by atoms with van der Waals surface area (Å²) in [5.41, 5.74) is 5.16. The molecule has 1 N–H and O–H groups in total. The summed E-state index contributed by atoms with van der Waals surface area (Å²) in [4.78, 5) is 20.9. The molecule has 1 heterocycles. The molecule has 0 aliphatic rings. The number of carboxylic acids is 1. The number of carbonyl (C=O) groups is 1. The highest BCUT2D eigenvalue weighted by Gasteiger charge is 2.19. The fraction of sp³-hybridized carbons (Fsp3) is 0.433. The second kappa shape index (κ2) is 13.6. The minimum atomic E-state index is -0.751. The Morgan fingerprint density at radius 3 is 1.94 bits per heavy atom. The molecule has 0 amide bonds. The van der Waals surface area contributed by atoms with Crippen molar-refractivity contribution in [1.29, 1.82) is 0 Å². The van der Waals surface area contributed by atoms with Gasteiger partial charge in [0, 0.05) is 23.5 Å². The van der Waals surface area contributed by atoms with Crippen molar-refractivity contribution < 1.29 is 9.90 Å². The van der Waals surface area contributed by atoms with E-state index in [2.05, 4.69) is 48.1 Å². The van der Waals surface area contributed by atoms with E-state index in [1.165, 1.54) is 37.7 Å². The molecule has 0 fully saturated rings. The molecule has 0 aliphatic carbocycles. The van der Waals surface area contributed by atoms with Crippen LogP contribution >= 0.6 is 0 Å². The minimum absolute atomic E-state index is 0.446. The Kier molecular flexibility index (Phi) is 10.3. The van der Waals surface area contributed by atoms with Gasteiger partial charge in [-0.25, -0.2) is 9.97 Å². The third-order valence-electron chi connectivity index (χ3n) is 6.47. The second-order valence-corrected chi connectivity index (χ2v) is 9.17. The number of hydrogen-bond acceptors (Lipinski definition) is 3. The first-order valence-corrected chi connectivity index (χ1v) is 12.9. The first-order valence-electron chi connectivity index (χ1n) is 12.9. The topological polar surface area (TPSA) is 63.1 Å². The number of aromatic nitrogens is 2. The van der Waals surface area contributed by atoms with Gasteiger partial charge in [0.05, 0.1) is 5.92 Å². The molecule has 1 atom stereocenters. The van der Waals surface area contributed by atoms with Gasteiger partial charge in [-0.3, -0.25) is 4.79 Å². The molecule has 0 saturated carbocycles. The maximum atomic E-state index is 11.7. The van der Waals surface area contributed by atoms with E-state index in [1.807, 2.05) is 36.7 Å². The largest absolute Gasteiger partial charge is 0.481 e. The molecular formula is C30H38N2O2. The van der Waals surface area contributed by atoms with Crippen LogP contribution in [0.4, 0.5) is 0 Å². The highest BCUT2D eigenvalue weighted by Crippen LogP contribution is 2.27. The zero-order chi connectivity index (χ0) is 24.2. The van der Waals surface area contributed by atoms with Crippen LogP contribution in [0.3, 0.4) is 0 Å². The molecule has 180 valence electrons. The molecule has 0 aliphatic heterocycles. The molecule has 4 nitrogen and oxygen atoms in total. The zero-order valence-corrected chi connectivity index (χ0v) is 20.7. The van der Waals surface area contributed by atoms with E-state index < -0.39 is 11.9 Å². The lowest BCUT2D eigenvalue weighted by molar-refractivity contribution is -0.139. The highest BCUT2D eigenvalue weighted by molar-refractivity contribution is 5.76. The van der Waals surface area contributed by atoms with Crippen molar-refractivity contribution in [2.75, 3.05) is 0 Å². The Labute approximate surface area is 204 Å². The molecular weight excluding hydrogens is 420 g/mol. The molecule has 3 rings (SSSR count). The number of aliphatic carboxylic acids is 1. The van der Waals surface area contributed by atoms with Crippen LogP contribution in [0.1, 0.15) is 88.7 Å². The fourth-order valence-corrected chi connectivity index (χ4v) is 4.32. The number of rotatable bonds is 14. The Morgan fingerprint density at radius 2 is 1.32 bits per heavy atom. The lowest BCUT2D eigenvalue weighted by Crippen LogP contribution is -2.11. The normalized spacial score (nSPS) is 11.9. The summed E-state index contributed by atoms with van der Waals surface area (Å²) in [5.74, 6) is -0.477. The van der Waals surface area contributed by atoms with Crippen LogP contribution in [0.5, 0.6) is 0 Å². The Balaban J connectivity index is 1.61. The molecule has 4 heteroatoms. The average Bonchev–Trinajstić information content (AvgIpc) is 2.87. The van der Waals surface area contributed by atoms with E-state index in [0.29, 0.717) is 6.42 Å². The van der Waals surface area contributed by atoms with Crippen molar-refractivity contribution in [1.82, 2.24) is 9.97 Å². The number of aryl methyl sites for hydroxylation is 1. The van der Waals surface area contributed by atoms with Gasteiger partial charge in [-0.2, -0.15) is 0 Å². The van der Waals surface area contributed by atoms with Gasteiger partial charge in [-0.1, -0.05) is 107 Å². The lowest BCUT2D eigenvalue weighted by Gasteiger charge is -2.13. The summed E-state index contributed by atoms with van der Waals surface area (Å²) in [6, 6.07) is 16.4. The van der Waals surface area contributed by atoms with E-state index in [4.69, 9.17) is 0 Å². The smallest absolute Gasteiger partial charge is 0.310 e. The number of unbranched alkanes of at least 4 members (excludes halogenated alkanes) is 6. The van der Waals surface area contributed by atoms with E-state index in [1.54, 1.807) is 0 Å². The number of nitrogens with zero attached hydrogens (tertiary/aromatic N) is 2. The van der Waals surface area contributed by atoms with Crippen molar-refractivity contribution in [3.63, 3.8) is 0 Å². The van der Waals surface area contributed by atoms with Gasteiger partial charge >= 0.3 is 5.97 Å². The van der Waals surface area contributed by atoms with Crippen molar-refractivity contribution in [3.05, 3.63) is 72.1 Å². The van der Waals surface area contributed by atoms with Gasteiger partial charge in [-0.15, -0.1) is 0 Å². The molecule has 0 spiro atoms. The van der Waals surface area contributed by atoms with Gasteiger partial charge in [0.15, 0.2) is 5.82 Å². The summed E-state index contributed by atoms with van der Waals surface area (Å²) in [7, 11) is 0. The number of benzene rings is 2. The Hall–Kier alpha value is -3.01. The van der Waals surface area contributed by atoms with E-state index in [0.717, 1.165) is 53.8 Å². The van der Waals surface area contributed by atoms with Crippen LogP contribution in [-0.4, -0.2) is 21.0 Å². The summed E-state index contributed by atoms with van der Waals surface area (Å²) in [5, 5.41) is 9.62. The van der Waals surface area contributed by atoms with Crippen LogP contribution in [0.2, 0.25) is 0 Å². The van der Waals surface area contributed by atoms with Crippen molar-refractivity contribution in [2.45, 2.75) is 84.0 Å². The summed E-state index contributed by atoms with van der Waals surface area (Å²) >= 11 is 0. The number of hydrogen-bond donors (Lipinski definition) is 1. The van der Waals surface area contributed by atoms with Crippen LogP contribution < -0.4 is 0 Å². The molecule has 0 radical (unpaired) electrons. The molecule has 34 heavy (non-hydrogen) atoms. The van der Waals surface area contributed by atoms with Crippen LogP contribution in [0.25, 0.3) is 22.5 Å². The SMILES string of the molecule is CCCCCCCc1ccc(-c2ncc(-c3ccc(C(CCCCC)C(=O)O)cc3)cn2)cc1. The summed E-state index contributed by atoms with van der Waals surface area (Å²) in [6.45, 7) is 4.37. The van der Waals surface area contributed by atoms with Gasteiger partial charge < -0.3 is 5.11 Å². The summed E-state index contributed by atoms with van der Waals surface area (Å²) < 4.78 is 0. The predicted octanol–water partition coefficient (Wildman–Crippen LogP) is 8.07. The molecule has 0 bridgehead atoms. The van der Waals surface area contributed by atoms with Crippen LogP contribution in [0, 0.1) is 0 Å². The quantitative estimate of drug-likeness (QED) is 0.248. The maximum absolute atomic E-state index is 11.7. The van der Waals surface area contributed by atoms with Crippen molar-refractivity contribution in [2.24, 2.45) is 0 Å². The Morgan fingerprint density at radius 1 is 0.735 bits per heavy atom. The van der Waals surface area contributed by atoms with E-state index in [-0.39, 0.29) is 0 Å². The van der Waals surface area contributed by atoms with Crippen molar-refractivity contribution >= 4 is 5.97 Å². The van der Waals surface area contributed by atoms with Gasteiger partial charge in [0.2, 0.25) is 0 Å². The first-order chi connectivity index (χ1) is 16.6. The average molecular weight is 459 g/mol. The molecule has 1 aromatic heterocycles. The lowest BCUT2D eigenvalue weighted by atomic mass is 9.92. The zero-order valence-electron chi connectivity index (χ0n) is 20.7. The molecule has 2 aromatic carbocycles. The van der Waals surface area contributed by atoms with Crippen LogP contribution in [0.15, 0.2) is 60.9 Å². The first kappa shape index (κ1) is 25.6. The van der Waals surface area contributed by atoms with Gasteiger partial charge in [0.25, 0.3) is 0 Å². The van der Waals surface area contributed by atoms with Gasteiger partial charge in [0.1, 0.15) is 0 Å². The van der Waals surface area contributed by atoms with E-state index in [9.17, 15) is 9.90 Å². The fourth-order valence-electron chi connectivity index (χ4n) is 4.32. The summed E-state index contributed by atoms with van der Waals surface area (Å²) in [6.07, 6.45) is 15.1. The highest BCUT2D eigenvalue weighted by atomic mass is 16.4. The van der Waals surface area contributed by atoms with Crippen LogP contribution in [-0.2, 0) is 11.2 Å². The third-order valence-corrected chi connectivity index (χ3v) is 6.47. The van der Waals surface area contributed by atoms with E-state index >= 15 is 0 Å². The Bertz CT molecular complexity index is 995. The molecule has 3 aromatic rings. The van der Waals surface area contributed by atoms with Gasteiger partial charge in [-0.05, 0) is 36.0 Å². The minimum Gasteiger partial charge on any atom is -0.481 e. The predicted molar refractivity (Wildman–Crippen MR) is 140 cm³/mol. The third kappa shape index (κ3) is 7.51. The monoisotopic (exact) mass is 458 g/mol.